The Morgan fingerprint density at radius 2 is 2.14 bits per heavy atom. The van der Waals surface area contributed by atoms with Gasteiger partial charge in [0.05, 0.1) is 12.1 Å². The molecule has 2 aromatic rings. The van der Waals surface area contributed by atoms with Crippen LogP contribution in [0.25, 0.3) is 0 Å². The van der Waals surface area contributed by atoms with Gasteiger partial charge < -0.3 is 15.0 Å². The molecule has 5 heteroatoms. The van der Waals surface area contributed by atoms with E-state index in [4.69, 9.17) is 0 Å². The molecule has 116 valence electrons. The molecule has 0 bridgehead atoms. The predicted octanol–water partition coefficient (Wildman–Crippen LogP) is 3.13. The summed E-state index contributed by atoms with van der Waals surface area (Å²) in [5.41, 5.74) is 0.754. The number of rotatable bonds is 5. The van der Waals surface area contributed by atoms with Crippen LogP contribution in [0, 0.1) is 5.92 Å². The van der Waals surface area contributed by atoms with Gasteiger partial charge in [0.1, 0.15) is 5.69 Å². The number of amides is 1. The van der Waals surface area contributed by atoms with E-state index < -0.39 is 0 Å². The topological polar surface area (TPSA) is 54.3 Å². The Kier molecular flexibility index (Phi) is 3.54. The molecule has 0 radical (unpaired) electrons. The van der Waals surface area contributed by atoms with Crippen LogP contribution in [-0.4, -0.2) is 21.7 Å². The number of aliphatic hydroxyl groups excluding tert-OH is 1. The summed E-state index contributed by atoms with van der Waals surface area (Å²) in [6, 6.07) is 8.44. The molecule has 22 heavy (non-hydrogen) atoms. The normalized spacial score (nSPS) is 25.5. The number of hydrogen-bond acceptors (Lipinski definition) is 3. The minimum absolute atomic E-state index is 0.00307. The fraction of sp³-hybridized carbons (Fsp3) is 0.471. The maximum absolute atomic E-state index is 12.7. The molecule has 0 unspecified atom stereocenters. The number of thiophene rings is 1. The number of carbonyl (C=O) groups is 1. The minimum Gasteiger partial charge on any atom is -0.393 e. The zero-order valence-corrected chi connectivity index (χ0v) is 13.1. The molecule has 4 nitrogen and oxygen atoms in total. The Hall–Kier alpha value is -1.59. The smallest absolute Gasteiger partial charge is 0.268 e. The number of aromatic nitrogens is 1. The Morgan fingerprint density at radius 3 is 2.77 bits per heavy atom. The number of hydrogen-bond donors (Lipinski definition) is 2. The lowest BCUT2D eigenvalue weighted by molar-refractivity contribution is 0.0240. The summed E-state index contributed by atoms with van der Waals surface area (Å²) in [6.45, 7) is 0. The van der Waals surface area contributed by atoms with Crippen molar-refractivity contribution in [2.24, 2.45) is 5.92 Å². The lowest BCUT2D eigenvalue weighted by Gasteiger charge is -2.37. The zero-order valence-electron chi connectivity index (χ0n) is 12.3. The molecule has 2 saturated carbocycles. The summed E-state index contributed by atoms with van der Waals surface area (Å²) in [7, 11) is 0. The summed E-state index contributed by atoms with van der Waals surface area (Å²) in [5.74, 6) is 0.332. The van der Waals surface area contributed by atoms with Crippen LogP contribution in [0.2, 0.25) is 0 Å². The second kappa shape index (κ2) is 5.56. The van der Waals surface area contributed by atoms with Gasteiger partial charge in [-0.15, -0.1) is 11.3 Å². The SMILES string of the molecule is O=C(N[C@H](c1cccs1)C1CC(O)C1)c1cccn1C1CC1. The van der Waals surface area contributed by atoms with E-state index in [2.05, 4.69) is 16.0 Å². The fourth-order valence-corrected chi connectivity index (χ4v) is 4.13. The second-order valence-corrected chi connectivity index (χ2v) is 7.36. The molecule has 2 fully saturated rings. The van der Waals surface area contributed by atoms with Gasteiger partial charge >= 0.3 is 0 Å². The molecule has 2 aromatic heterocycles. The van der Waals surface area contributed by atoms with Gasteiger partial charge in [-0.05, 0) is 55.2 Å². The molecule has 2 N–H and O–H groups in total. The highest BCUT2D eigenvalue weighted by Crippen LogP contribution is 2.40. The third-order valence-corrected chi connectivity index (χ3v) is 5.66. The van der Waals surface area contributed by atoms with Crippen molar-refractivity contribution < 1.29 is 9.90 Å². The van der Waals surface area contributed by atoms with Crippen LogP contribution in [0.3, 0.4) is 0 Å². The summed E-state index contributed by atoms with van der Waals surface area (Å²) < 4.78 is 2.09. The van der Waals surface area contributed by atoms with E-state index in [1.165, 1.54) is 4.88 Å². The molecule has 0 spiro atoms. The van der Waals surface area contributed by atoms with Gasteiger partial charge in [-0.2, -0.15) is 0 Å². The highest BCUT2D eigenvalue weighted by molar-refractivity contribution is 7.10. The summed E-state index contributed by atoms with van der Waals surface area (Å²) in [5, 5.41) is 14.8. The summed E-state index contributed by atoms with van der Waals surface area (Å²) in [6.07, 6.45) is 5.66. The fourth-order valence-electron chi connectivity index (χ4n) is 3.26. The second-order valence-electron chi connectivity index (χ2n) is 6.38. The highest BCUT2D eigenvalue weighted by atomic mass is 32.1. The summed E-state index contributed by atoms with van der Waals surface area (Å²) >= 11 is 1.67. The van der Waals surface area contributed by atoms with Gasteiger partial charge in [0.25, 0.3) is 5.91 Å². The zero-order chi connectivity index (χ0) is 15.1. The lowest BCUT2D eigenvalue weighted by Crippen LogP contribution is -2.41. The lowest BCUT2D eigenvalue weighted by atomic mass is 9.76. The molecular formula is C17H20N2O2S. The van der Waals surface area contributed by atoms with Crippen molar-refractivity contribution >= 4 is 17.2 Å². The largest absolute Gasteiger partial charge is 0.393 e. The Balaban J connectivity index is 1.53. The van der Waals surface area contributed by atoms with E-state index >= 15 is 0 Å². The predicted molar refractivity (Wildman–Crippen MR) is 86.0 cm³/mol. The van der Waals surface area contributed by atoms with Crippen LogP contribution in [0.1, 0.15) is 53.1 Å². The van der Waals surface area contributed by atoms with Gasteiger partial charge in [-0.25, -0.2) is 0 Å². The number of nitrogens with zero attached hydrogens (tertiary/aromatic N) is 1. The number of aliphatic hydroxyl groups is 1. The molecule has 2 aliphatic carbocycles. The monoisotopic (exact) mass is 316 g/mol. The van der Waals surface area contributed by atoms with Crippen molar-refractivity contribution in [3.05, 3.63) is 46.4 Å². The molecule has 4 rings (SSSR count). The highest BCUT2D eigenvalue weighted by Gasteiger charge is 2.37. The molecule has 2 aliphatic rings. The van der Waals surface area contributed by atoms with Crippen LogP contribution in [0.4, 0.5) is 0 Å². The van der Waals surface area contributed by atoms with Crippen LogP contribution in [0.5, 0.6) is 0 Å². The first-order chi connectivity index (χ1) is 10.7. The Morgan fingerprint density at radius 1 is 1.32 bits per heavy atom. The van der Waals surface area contributed by atoms with Gasteiger partial charge in [0.15, 0.2) is 0 Å². The summed E-state index contributed by atoms with van der Waals surface area (Å²) in [4.78, 5) is 13.9. The van der Waals surface area contributed by atoms with Crippen molar-refractivity contribution in [3.8, 4) is 0 Å². The standard InChI is InChI=1S/C17H20N2O2S/c20-13-9-11(10-13)16(15-4-2-8-22-15)18-17(21)14-3-1-7-19(14)12-5-6-12/h1-4,7-8,11-13,16,20H,5-6,9-10H2,(H,18,21)/t11?,13?,16-/m0/s1. The van der Waals surface area contributed by atoms with Crippen molar-refractivity contribution in [3.63, 3.8) is 0 Å². The first-order valence-corrected chi connectivity index (χ1v) is 8.79. The van der Waals surface area contributed by atoms with Crippen LogP contribution in [0.15, 0.2) is 35.8 Å². The van der Waals surface area contributed by atoms with E-state index in [0.29, 0.717) is 12.0 Å². The first-order valence-electron chi connectivity index (χ1n) is 7.91. The van der Waals surface area contributed by atoms with Crippen molar-refractivity contribution in [1.82, 2.24) is 9.88 Å². The van der Waals surface area contributed by atoms with Crippen LogP contribution < -0.4 is 5.32 Å². The third kappa shape index (κ3) is 2.59. The van der Waals surface area contributed by atoms with E-state index in [-0.39, 0.29) is 18.1 Å². The van der Waals surface area contributed by atoms with Crippen LogP contribution >= 0.6 is 11.3 Å². The van der Waals surface area contributed by atoms with E-state index in [1.54, 1.807) is 11.3 Å². The van der Waals surface area contributed by atoms with Crippen LogP contribution in [-0.2, 0) is 0 Å². The van der Waals surface area contributed by atoms with E-state index in [9.17, 15) is 9.90 Å². The number of nitrogens with one attached hydrogen (secondary N) is 1. The van der Waals surface area contributed by atoms with Gasteiger partial charge in [-0.3, -0.25) is 4.79 Å². The Bertz CT molecular complexity index is 654. The first kappa shape index (κ1) is 14.0. The molecule has 0 aliphatic heterocycles. The van der Waals surface area contributed by atoms with Gasteiger partial charge in [0, 0.05) is 17.1 Å². The van der Waals surface area contributed by atoms with Crippen molar-refractivity contribution in [1.29, 1.82) is 0 Å². The van der Waals surface area contributed by atoms with Gasteiger partial charge in [0.2, 0.25) is 0 Å². The maximum atomic E-state index is 12.7. The molecular weight excluding hydrogens is 296 g/mol. The van der Waals surface area contributed by atoms with Crippen molar-refractivity contribution in [2.75, 3.05) is 0 Å². The Labute approximate surface area is 133 Å². The average Bonchev–Trinajstić information content (AvgIpc) is 3.01. The van der Waals surface area contributed by atoms with E-state index in [1.807, 2.05) is 29.8 Å². The quantitative estimate of drug-likeness (QED) is 0.890. The van der Waals surface area contributed by atoms with Gasteiger partial charge in [-0.1, -0.05) is 6.07 Å². The minimum atomic E-state index is -0.209. The number of carbonyl (C=O) groups excluding carboxylic acids is 1. The maximum Gasteiger partial charge on any atom is 0.268 e. The molecule has 2 heterocycles. The average molecular weight is 316 g/mol. The molecule has 1 atom stereocenters. The molecule has 0 aromatic carbocycles. The molecule has 0 saturated heterocycles. The third-order valence-electron chi connectivity index (χ3n) is 4.71. The van der Waals surface area contributed by atoms with Crippen molar-refractivity contribution in [2.45, 2.75) is 43.9 Å². The van der Waals surface area contributed by atoms with E-state index in [0.717, 1.165) is 31.4 Å². The molecule has 1 amide bonds.